The maximum Gasteiger partial charge on any atom is 0.0622 e. The van der Waals surface area contributed by atoms with Crippen molar-refractivity contribution in [3.63, 3.8) is 0 Å². The molecule has 3 heteroatoms. The highest BCUT2D eigenvalue weighted by atomic mass is 35.5. The van der Waals surface area contributed by atoms with Gasteiger partial charge in [0, 0.05) is 13.2 Å². The zero-order valence-electron chi connectivity index (χ0n) is 9.52. The van der Waals surface area contributed by atoms with E-state index in [9.17, 15) is 0 Å². The fourth-order valence-electron chi connectivity index (χ4n) is 1.08. The summed E-state index contributed by atoms with van der Waals surface area (Å²) in [5, 5.41) is 3.23. The molecule has 0 aromatic rings. The number of halogens is 1. The smallest absolute Gasteiger partial charge is 0.0622 e. The SMILES string of the molecule is CNC(C)CCCC(C)(C)OC.Cl. The van der Waals surface area contributed by atoms with Crippen molar-refractivity contribution in [1.82, 2.24) is 5.32 Å². The van der Waals surface area contributed by atoms with Crippen molar-refractivity contribution in [1.29, 1.82) is 0 Å². The van der Waals surface area contributed by atoms with E-state index >= 15 is 0 Å². The second-order valence-electron chi connectivity index (χ2n) is 4.05. The summed E-state index contributed by atoms with van der Waals surface area (Å²) in [7, 11) is 3.79. The molecule has 0 aromatic heterocycles. The minimum absolute atomic E-state index is 0. The Labute approximate surface area is 88.8 Å². The van der Waals surface area contributed by atoms with Crippen LogP contribution in [-0.2, 0) is 4.74 Å². The largest absolute Gasteiger partial charge is 0.379 e. The summed E-state index contributed by atoms with van der Waals surface area (Å²) in [6.07, 6.45) is 3.58. The van der Waals surface area contributed by atoms with E-state index in [0.717, 1.165) is 6.42 Å². The standard InChI is InChI=1S/C10H23NO.ClH/c1-9(11-4)7-6-8-10(2,3)12-5;/h9,11H,6-8H2,1-5H3;1H. The Morgan fingerprint density at radius 2 is 1.92 bits per heavy atom. The van der Waals surface area contributed by atoms with Crippen molar-refractivity contribution in [3.8, 4) is 0 Å². The second-order valence-corrected chi connectivity index (χ2v) is 4.05. The molecule has 0 aliphatic rings. The molecule has 1 atom stereocenters. The van der Waals surface area contributed by atoms with E-state index in [1.807, 2.05) is 7.05 Å². The molecule has 0 fully saturated rings. The lowest BCUT2D eigenvalue weighted by Crippen LogP contribution is -2.25. The first-order chi connectivity index (χ1) is 5.52. The Morgan fingerprint density at radius 3 is 2.31 bits per heavy atom. The van der Waals surface area contributed by atoms with Crippen LogP contribution in [-0.4, -0.2) is 25.8 Å². The third-order valence-corrected chi connectivity index (χ3v) is 2.46. The molecule has 0 bridgehead atoms. The van der Waals surface area contributed by atoms with Crippen LogP contribution in [0.2, 0.25) is 0 Å². The van der Waals surface area contributed by atoms with Gasteiger partial charge in [-0.3, -0.25) is 0 Å². The predicted molar refractivity (Wildman–Crippen MR) is 60.7 cm³/mol. The van der Waals surface area contributed by atoms with Crippen molar-refractivity contribution in [3.05, 3.63) is 0 Å². The van der Waals surface area contributed by atoms with Crippen molar-refractivity contribution in [2.45, 2.75) is 51.7 Å². The summed E-state index contributed by atoms with van der Waals surface area (Å²) in [4.78, 5) is 0. The molecule has 2 nitrogen and oxygen atoms in total. The van der Waals surface area contributed by atoms with Crippen LogP contribution in [0.25, 0.3) is 0 Å². The van der Waals surface area contributed by atoms with Crippen LogP contribution in [0.1, 0.15) is 40.0 Å². The van der Waals surface area contributed by atoms with E-state index in [4.69, 9.17) is 4.74 Å². The highest BCUT2D eigenvalue weighted by molar-refractivity contribution is 5.85. The van der Waals surface area contributed by atoms with Gasteiger partial charge in [0.25, 0.3) is 0 Å². The van der Waals surface area contributed by atoms with Crippen LogP contribution in [0.3, 0.4) is 0 Å². The lowest BCUT2D eigenvalue weighted by molar-refractivity contribution is 0.0131. The van der Waals surface area contributed by atoms with Crippen LogP contribution in [0.4, 0.5) is 0 Å². The highest BCUT2D eigenvalue weighted by Crippen LogP contribution is 2.16. The van der Waals surface area contributed by atoms with Gasteiger partial charge in [0.05, 0.1) is 5.60 Å². The van der Waals surface area contributed by atoms with Gasteiger partial charge in [0.2, 0.25) is 0 Å². The van der Waals surface area contributed by atoms with Crippen molar-refractivity contribution in [2.75, 3.05) is 14.2 Å². The topological polar surface area (TPSA) is 21.3 Å². The van der Waals surface area contributed by atoms with Crippen molar-refractivity contribution >= 4 is 12.4 Å². The van der Waals surface area contributed by atoms with Crippen LogP contribution in [0, 0.1) is 0 Å². The Kier molecular flexibility index (Phi) is 9.16. The van der Waals surface area contributed by atoms with E-state index in [0.29, 0.717) is 6.04 Å². The molecule has 0 saturated heterocycles. The number of ether oxygens (including phenoxy) is 1. The minimum Gasteiger partial charge on any atom is -0.379 e. The zero-order chi connectivity index (χ0) is 9.61. The maximum absolute atomic E-state index is 5.33. The molecule has 0 heterocycles. The second kappa shape index (κ2) is 7.60. The fourth-order valence-corrected chi connectivity index (χ4v) is 1.08. The lowest BCUT2D eigenvalue weighted by atomic mass is 9.99. The van der Waals surface area contributed by atoms with Crippen molar-refractivity contribution in [2.24, 2.45) is 0 Å². The van der Waals surface area contributed by atoms with Gasteiger partial charge >= 0.3 is 0 Å². The molecule has 1 unspecified atom stereocenters. The van der Waals surface area contributed by atoms with Gasteiger partial charge in [-0.25, -0.2) is 0 Å². The Morgan fingerprint density at radius 1 is 1.38 bits per heavy atom. The van der Waals surface area contributed by atoms with E-state index in [1.54, 1.807) is 7.11 Å². The Bertz CT molecular complexity index is 117. The Balaban J connectivity index is 0. The molecule has 0 aromatic carbocycles. The van der Waals surface area contributed by atoms with Gasteiger partial charge in [-0.2, -0.15) is 0 Å². The summed E-state index contributed by atoms with van der Waals surface area (Å²) in [6.45, 7) is 6.48. The van der Waals surface area contributed by atoms with Gasteiger partial charge < -0.3 is 10.1 Å². The zero-order valence-corrected chi connectivity index (χ0v) is 10.3. The molecule has 0 rings (SSSR count). The molecule has 0 aliphatic heterocycles. The number of hydrogen-bond acceptors (Lipinski definition) is 2. The summed E-state index contributed by atoms with van der Waals surface area (Å²) in [5.74, 6) is 0. The predicted octanol–water partition coefficient (Wildman–Crippen LogP) is 2.61. The first kappa shape index (κ1) is 15.7. The quantitative estimate of drug-likeness (QED) is 0.726. The van der Waals surface area contributed by atoms with Crippen LogP contribution < -0.4 is 5.32 Å². The first-order valence-electron chi connectivity index (χ1n) is 4.74. The molecule has 82 valence electrons. The van der Waals surface area contributed by atoms with E-state index in [-0.39, 0.29) is 18.0 Å². The molecule has 0 spiro atoms. The average Bonchev–Trinajstić information content (AvgIpc) is 2.04. The average molecular weight is 210 g/mol. The Hall–Kier alpha value is 0.210. The third-order valence-electron chi connectivity index (χ3n) is 2.46. The maximum atomic E-state index is 5.33. The minimum atomic E-state index is 0. The summed E-state index contributed by atoms with van der Waals surface area (Å²) >= 11 is 0. The van der Waals surface area contributed by atoms with E-state index < -0.39 is 0 Å². The van der Waals surface area contributed by atoms with E-state index in [2.05, 4.69) is 26.1 Å². The molecular weight excluding hydrogens is 186 g/mol. The summed E-state index contributed by atoms with van der Waals surface area (Å²) in [6, 6.07) is 0.623. The number of hydrogen-bond donors (Lipinski definition) is 1. The summed E-state index contributed by atoms with van der Waals surface area (Å²) < 4.78 is 5.33. The summed E-state index contributed by atoms with van der Waals surface area (Å²) in [5.41, 5.74) is 0.0491. The molecule has 0 amide bonds. The highest BCUT2D eigenvalue weighted by Gasteiger charge is 2.15. The van der Waals surface area contributed by atoms with Gasteiger partial charge in [0.15, 0.2) is 0 Å². The third kappa shape index (κ3) is 8.54. The number of rotatable bonds is 6. The number of methoxy groups -OCH3 is 1. The lowest BCUT2D eigenvalue weighted by Gasteiger charge is -2.23. The molecule has 1 N–H and O–H groups in total. The number of nitrogens with one attached hydrogen (secondary N) is 1. The molecule has 13 heavy (non-hydrogen) atoms. The molecular formula is C10H24ClNO. The van der Waals surface area contributed by atoms with Gasteiger partial charge in [-0.05, 0) is 47.1 Å². The fraction of sp³-hybridized carbons (Fsp3) is 1.00. The van der Waals surface area contributed by atoms with Crippen LogP contribution in [0.15, 0.2) is 0 Å². The molecule has 0 saturated carbocycles. The van der Waals surface area contributed by atoms with Crippen molar-refractivity contribution < 1.29 is 4.74 Å². The van der Waals surface area contributed by atoms with Crippen LogP contribution >= 0.6 is 12.4 Å². The first-order valence-corrected chi connectivity index (χ1v) is 4.74. The monoisotopic (exact) mass is 209 g/mol. The van der Waals surface area contributed by atoms with E-state index in [1.165, 1.54) is 12.8 Å². The van der Waals surface area contributed by atoms with Gasteiger partial charge in [-0.1, -0.05) is 0 Å². The van der Waals surface area contributed by atoms with Crippen LogP contribution in [0.5, 0.6) is 0 Å². The normalized spacial score (nSPS) is 13.6. The molecule has 0 radical (unpaired) electrons. The van der Waals surface area contributed by atoms with Gasteiger partial charge in [0.1, 0.15) is 0 Å². The van der Waals surface area contributed by atoms with Gasteiger partial charge in [-0.15, -0.1) is 12.4 Å². The molecule has 0 aliphatic carbocycles.